The number of aryl methyl sites for hydroxylation is 1. The third-order valence-electron chi connectivity index (χ3n) is 4.33. The fourth-order valence-electron chi connectivity index (χ4n) is 2.94. The van der Waals surface area contributed by atoms with Crippen molar-refractivity contribution < 1.29 is 5.11 Å². The minimum atomic E-state index is -0.905. The largest absolute Gasteiger partial charge is 0.386 e. The van der Waals surface area contributed by atoms with E-state index in [1.807, 2.05) is 19.1 Å². The van der Waals surface area contributed by atoms with Gasteiger partial charge in [0.1, 0.15) is 5.69 Å². The lowest BCUT2D eigenvalue weighted by molar-refractivity contribution is 0.150. The van der Waals surface area contributed by atoms with E-state index in [2.05, 4.69) is 10.1 Å². The van der Waals surface area contributed by atoms with Crippen molar-refractivity contribution in [2.45, 2.75) is 19.6 Å². The highest BCUT2D eigenvalue weighted by Crippen LogP contribution is 2.30. The molecule has 0 saturated heterocycles. The molecule has 2 aromatic heterocycles. The van der Waals surface area contributed by atoms with Crippen molar-refractivity contribution in [3.63, 3.8) is 0 Å². The van der Waals surface area contributed by atoms with Gasteiger partial charge < -0.3 is 5.11 Å². The van der Waals surface area contributed by atoms with Crippen molar-refractivity contribution in [2.24, 2.45) is 0 Å². The minimum absolute atomic E-state index is 0.00751. The Morgan fingerprint density at radius 1 is 1.07 bits per heavy atom. The van der Waals surface area contributed by atoms with E-state index in [0.29, 0.717) is 26.8 Å². The Kier molecular flexibility index (Phi) is 5.21. The molecule has 0 fully saturated rings. The van der Waals surface area contributed by atoms with Crippen LogP contribution in [0.3, 0.4) is 0 Å². The summed E-state index contributed by atoms with van der Waals surface area (Å²) >= 11 is 13.3. The van der Waals surface area contributed by atoms with Crippen LogP contribution in [0.2, 0.25) is 10.0 Å². The van der Waals surface area contributed by atoms with Gasteiger partial charge >= 0.3 is 0 Å². The van der Waals surface area contributed by atoms with Gasteiger partial charge in [0.15, 0.2) is 5.52 Å². The molecule has 4 rings (SSSR count). The summed E-state index contributed by atoms with van der Waals surface area (Å²) in [5.74, 6) is 0. The van der Waals surface area contributed by atoms with Crippen LogP contribution in [-0.2, 0) is 6.54 Å². The van der Waals surface area contributed by atoms with E-state index in [1.54, 1.807) is 36.4 Å². The maximum Gasteiger partial charge on any atom is 0.294 e. The molecule has 1 atom stereocenters. The Morgan fingerprint density at radius 3 is 2.32 bits per heavy atom. The third-order valence-corrected chi connectivity index (χ3v) is 5.81. The maximum absolute atomic E-state index is 12.9. The smallest absolute Gasteiger partial charge is 0.294 e. The van der Waals surface area contributed by atoms with Crippen LogP contribution in [0.25, 0.3) is 21.5 Å². The second kappa shape index (κ2) is 7.64. The molecular weight excluding hydrogens is 417 g/mol. The number of benzene rings is 2. The van der Waals surface area contributed by atoms with Gasteiger partial charge in [0, 0.05) is 15.6 Å². The molecule has 0 spiro atoms. The summed E-state index contributed by atoms with van der Waals surface area (Å²) in [5, 5.41) is 17.1. The van der Waals surface area contributed by atoms with Crippen LogP contribution < -0.4 is 5.56 Å². The molecule has 2 aromatic carbocycles. The Balaban J connectivity index is 1.82. The van der Waals surface area contributed by atoms with Crippen LogP contribution in [-0.4, -0.2) is 19.9 Å². The number of thiazole rings is 1. The summed E-state index contributed by atoms with van der Waals surface area (Å²) in [5.41, 5.74) is 2.14. The number of rotatable bonds is 4. The molecule has 0 saturated carbocycles. The molecule has 5 nitrogen and oxygen atoms in total. The molecule has 0 aliphatic heterocycles. The first-order valence-electron chi connectivity index (χ1n) is 8.50. The summed E-state index contributed by atoms with van der Waals surface area (Å²) in [4.78, 5) is 17.3. The van der Waals surface area contributed by atoms with Crippen molar-refractivity contribution in [1.29, 1.82) is 0 Å². The normalized spacial score (nSPS) is 12.4. The highest BCUT2D eigenvalue weighted by molar-refractivity contribution is 7.19. The molecule has 4 aromatic rings. The number of halogens is 2. The molecule has 8 heteroatoms. The van der Waals surface area contributed by atoms with Crippen LogP contribution in [0.4, 0.5) is 0 Å². The van der Waals surface area contributed by atoms with E-state index in [1.165, 1.54) is 16.0 Å². The van der Waals surface area contributed by atoms with Crippen LogP contribution in [0.15, 0.2) is 53.3 Å². The topological polar surface area (TPSA) is 68.0 Å². The van der Waals surface area contributed by atoms with Gasteiger partial charge in [-0.1, -0.05) is 47.5 Å². The molecule has 1 N–H and O–H groups in total. The summed E-state index contributed by atoms with van der Waals surface area (Å²) in [7, 11) is 0. The van der Waals surface area contributed by atoms with Crippen molar-refractivity contribution in [3.05, 3.63) is 79.5 Å². The van der Waals surface area contributed by atoms with Crippen LogP contribution in [0, 0.1) is 6.92 Å². The average Bonchev–Trinajstić information content (AvgIpc) is 3.07. The number of hydrogen-bond acceptors (Lipinski definition) is 5. The van der Waals surface area contributed by atoms with E-state index in [-0.39, 0.29) is 12.1 Å². The predicted octanol–water partition coefficient (Wildman–Crippen LogP) is 4.87. The second-order valence-electron chi connectivity index (χ2n) is 6.32. The van der Waals surface area contributed by atoms with Gasteiger partial charge in [-0.3, -0.25) is 4.79 Å². The lowest BCUT2D eigenvalue weighted by atomic mass is 10.1. The fraction of sp³-hybridized carbons (Fsp3) is 0.150. The Morgan fingerprint density at radius 2 is 1.68 bits per heavy atom. The first kappa shape index (κ1) is 19.1. The van der Waals surface area contributed by atoms with Gasteiger partial charge in [-0.15, -0.1) is 11.3 Å². The number of aliphatic hydroxyl groups excluding tert-OH is 1. The van der Waals surface area contributed by atoms with E-state index >= 15 is 0 Å². The Labute approximate surface area is 174 Å². The predicted molar refractivity (Wildman–Crippen MR) is 113 cm³/mol. The zero-order valence-electron chi connectivity index (χ0n) is 14.8. The standard InChI is InChI=1S/C20H15Cl2N3O2S/c1-11-23-18-19(28-11)17(13-4-8-15(22)9-5-13)24-25(20(18)27)10-16(26)12-2-6-14(21)7-3-12/h2-9,16,26H,10H2,1H3/t16-/m1/s1. The summed E-state index contributed by atoms with van der Waals surface area (Å²) in [6.07, 6.45) is -0.905. The van der Waals surface area contributed by atoms with Crippen LogP contribution >= 0.6 is 34.5 Å². The van der Waals surface area contributed by atoms with Crippen molar-refractivity contribution >= 4 is 44.8 Å². The average molecular weight is 432 g/mol. The highest BCUT2D eigenvalue weighted by Gasteiger charge is 2.18. The summed E-state index contributed by atoms with van der Waals surface area (Å²) in [6.45, 7) is 1.86. The lowest BCUT2D eigenvalue weighted by Gasteiger charge is -2.14. The summed E-state index contributed by atoms with van der Waals surface area (Å²) in [6, 6.07) is 14.1. The Bertz CT molecular complexity index is 1200. The van der Waals surface area contributed by atoms with E-state index < -0.39 is 6.10 Å². The Hall–Kier alpha value is -2.25. The van der Waals surface area contributed by atoms with E-state index in [4.69, 9.17) is 23.2 Å². The molecular formula is C20H15Cl2N3O2S. The van der Waals surface area contributed by atoms with Gasteiger partial charge in [0.05, 0.1) is 22.4 Å². The van der Waals surface area contributed by atoms with Gasteiger partial charge in [0.2, 0.25) is 0 Å². The van der Waals surface area contributed by atoms with Crippen molar-refractivity contribution in [1.82, 2.24) is 14.8 Å². The van der Waals surface area contributed by atoms with Gasteiger partial charge in [-0.25, -0.2) is 9.67 Å². The zero-order valence-corrected chi connectivity index (χ0v) is 17.1. The third kappa shape index (κ3) is 3.69. The van der Waals surface area contributed by atoms with Crippen molar-refractivity contribution in [3.8, 4) is 11.3 Å². The lowest BCUT2D eigenvalue weighted by Crippen LogP contribution is -2.26. The highest BCUT2D eigenvalue weighted by atomic mass is 35.5. The van der Waals surface area contributed by atoms with Crippen molar-refractivity contribution in [2.75, 3.05) is 0 Å². The molecule has 28 heavy (non-hydrogen) atoms. The zero-order chi connectivity index (χ0) is 19.8. The molecule has 0 radical (unpaired) electrons. The van der Waals surface area contributed by atoms with E-state index in [0.717, 1.165) is 15.3 Å². The molecule has 0 unspecified atom stereocenters. The van der Waals surface area contributed by atoms with Crippen LogP contribution in [0.1, 0.15) is 16.7 Å². The number of nitrogens with zero attached hydrogens (tertiary/aromatic N) is 3. The molecule has 0 aliphatic rings. The van der Waals surface area contributed by atoms with Gasteiger partial charge in [-0.05, 0) is 36.8 Å². The molecule has 142 valence electrons. The SMILES string of the molecule is Cc1nc2c(=O)n(C[C@@H](O)c3ccc(Cl)cc3)nc(-c3ccc(Cl)cc3)c2s1. The number of aromatic nitrogens is 3. The number of hydrogen-bond donors (Lipinski definition) is 1. The monoisotopic (exact) mass is 431 g/mol. The first-order valence-corrected chi connectivity index (χ1v) is 10.1. The minimum Gasteiger partial charge on any atom is -0.386 e. The molecule has 0 amide bonds. The fourth-order valence-corrected chi connectivity index (χ4v) is 4.11. The van der Waals surface area contributed by atoms with Gasteiger partial charge in [0.25, 0.3) is 5.56 Å². The molecule has 0 bridgehead atoms. The maximum atomic E-state index is 12.9. The molecule has 0 aliphatic carbocycles. The van der Waals surface area contributed by atoms with Crippen LogP contribution in [0.5, 0.6) is 0 Å². The quantitative estimate of drug-likeness (QED) is 0.500. The number of aliphatic hydroxyl groups is 1. The van der Waals surface area contributed by atoms with E-state index in [9.17, 15) is 9.90 Å². The summed E-state index contributed by atoms with van der Waals surface area (Å²) < 4.78 is 1.99. The second-order valence-corrected chi connectivity index (χ2v) is 8.40. The number of fused-ring (bicyclic) bond motifs is 1. The van der Waals surface area contributed by atoms with Gasteiger partial charge in [-0.2, -0.15) is 5.10 Å². The molecule has 2 heterocycles. The first-order chi connectivity index (χ1) is 13.4.